The summed E-state index contributed by atoms with van der Waals surface area (Å²) in [5.74, 6) is -1.52. The second-order valence-corrected chi connectivity index (χ2v) is 4.88. The Morgan fingerprint density at radius 1 is 1.33 bits per heavy atom. The summed E-state index contributed by atoms with van der Waals surface area (Å²) in [5, 5.41) is 0.215. The summed E-state index contributed by atoms with van der Waals surface area (Å²) >= 11 is 1.16. The molecule has 0 atom stereocenters. The van der Waals surface area contributed by atoms with Crippen molar-refractivity contribution in [2.45, 2.75) is 20.3 Å². The molecule has 2 rings (SSSR count). The molecule has 1 aromatic carbocycles. The number of rotatable bonds is 3. The van der Waals surface area contributed by atoms with E-state index in [0.29, 0.717) is 12.1 Å². The van der Waals surface area contributed by atoms with Gasteiger partial charge in [-0.05, 0) is 18.6 Å². The Labute approximate surface area is 107 Å². The van der Waals surface area contributed by atoms with Crippen LogP contribution in [0.15, 0.2) is 18.2 Å². The van der Waals surface area contributed by atoms with Crippen molar-refractivity contribution in [3.8, 4) is 10.6 Å². The molecule has 0 fully saturated rings. The molecule has 5 heteroatoms. The molecule has 0 unspecified atom stereocenters. The first-order chi connectivity index (χ1) is 8.54. The molecule has 18 heavy (non-hydrogen) atoms. The number of aromatic nitrogens is 1. The van der Waals surface area contributed by atoms with Gasteiger partial charge in [-0.3, -0.25) is 4.79 Å². The minimum atomic E-state index is -0.665. The number of carbonyl (C=O) groups is 1. The lowest BCUT2D eigenvalue weighted by molar-refractivity contribution is 0.101. The number of Topliss-reactive ketones (excluding diaryl/α,β-unsaturated/α-hetero) is 1. The van der Waals surface area contributed by atoms with Gasteiger partial charge < -0.3 is 0 Å². The summed E-state index contributed by atoms with van der Waals surface area (Å²) in [6.07, 6.45) is 0.614. The molecule has 0 saturated carbocycles. The van der Waals surface area contributed by atoms with Crippen molar-refractivity contribution in [1.29, 1.82) is 0 Å². The standard InChI is InChI=1S/C13H11F2NOS/c1-3-10-12(7(2)17)16-13(18-10)11-8(14)5-4-6-9(11)15/h4-6H,3H2,1-2H3. The highest BCUT2D eigenvalue weighted by molar-refractivity contribution is 7.15. The molecule has 1 heterocycles. The second-order valence-electron chi connectivity index (χ2n) is 3.80. The highest BCUT2D eigenvalue weighted by atomic mass is 32.1. The monoisotopic (exact) mass is 267 g/mol. The van der Waals surface area contributed by atoms with Crippen molar-refractivity contribution in [1.82, 2.24) is 4.98 Å². The molecule has 0 N–H and O–H groups in total. The first-order valence-corrected chi connectivity index (χ1v) is 6.31. The molecule has 0 bridgehead atoms. The molecule has 2 aromatic rings. The van der Waals surface area contributed by atoms with Crippen LogP contribution in [0.25, 0.3) is 10.6 Å². The van der Waals surface area contributed by atoms with Crippen LogP contribution in [0.3, 0.4) is 0 Å². The molecule has 0 aliphatic heterocycles. The van der Waals surface area contributed by atoms with E-state index in [0.717, 1.165) is 16.2 Å². The van der Waals surface area contributed by atoms with Crippen LogP contribution in [-0.4, -0.2) is 10.8 Å². The molecule has 0 aliphatic rings. The van der Waals surface area contributed by atoms with Crippen molar-refractivity contribution in [3.63, 3.8) is 0 Å². The molecule has 1 aromatic heterocycles. The van der Waals surface area contributed by atoms with Gasteiger partial charge in [-0.2, -0.15) is 0 Å². The van der Waals surface area contributed by atoms with Gasteiger partial charge in [-0.1, -0.05) is 13.0 Å². The number of hydrogen-bond donors (Lipinski definition) is 0. The number of nitrogens with zero attached hydrogens (tertiary/aromatic N) is 1. The van der Waals surface area contributed by atoms with Crippen LogP contribution in [0.2, 0.25) is 0 Å². The summed E-state index contributed by atoms with van der Waals surface area (Å²) in [4.78, 5) is 16.2. The van der Waals surface area contributed by atoms with Gasteiger partial charge in [0.15, 0.2) is 5.78 Å². The minimum Gasteiger partial charge on any atom is -0.293 e. The van der Waals surface area contributed by atoms with Gasteiger partial charge in [0.05, 0.1) is 5.56 Å². The topological polar surface area (TPSA) is 30.0 Å². The highest BCUT2D eigenvalue weighted by Crippen LogP contribution is 2.32. The lowest BCUT2D eigenvalue weighted by atomic mass is 10.2. The fourth-order valence-electron chi connectivity index (χ4n) is 1.68. The third kappa shape index (κ3) is 2.18. The van der Waals surface area contributed by atoms with E-state index in [2.05, 4.69) is 4.98 Å². The molecular formula is C13H11F2NOS. The Morgan fingerprint density at radius 3 is 2.39 bits per heavy atom. The fraction of sp³-hybridized carbons (Fsp3) is 0.231. The van der Waals surface area contributed by atoms with Gasteiger partial charge >= 0.3 is 0 Å². The molecule has 0 amide bonds. The molecule has 94 valence electrons. The maximum atomic E-state index is 13.6. The van der Waals surface area contributed by atoms with E-state index in [-0.39, 0.29) is 16.4 Å². The quantitative estimate of drug-likeness (QED) is 0.790. The van der Waals surface area contributed by atoms with Crippen LogP contribution in [0.1, 0.15) is 29.2 Å². The average Bonchev–Trinajstić information content (AvgIpc) is 2.73. The summed E-state index contributed by atoms with van der Waals surface area (Å²) in [7, 11) is 0. The van der Waals surface area contributed by atoms with Crippen molar-refractivity contribution < 1.29 is 13.6 Å². The molecule has 0 spiro atoms. The number of ketones is 1. The summed E-state index contributed by atoms with van der Waals surface area (Å²) in [5.41, 5.74) is 0.143. The molecular weight excluding hydrogens is 256 g/mol. The van der Waals surface area contributed by atoms with Gasteiger partial charge in [0, 0.05) is 11.8 Å². The zero-order chi connectivity index (χ0) is 13.3. The first kappa shape index (κ1) is 12.8. The first-order valence-electron chi connectivity index (χ1n) is 5.49. The van der Waals surface area contributed by atoms with Gasteiger partial charge in [0.2, 0.25) is 0 Å². The van der Waals surface area contributed by atoms with E-state index in [1.807, 2.05) is 6.92 Å². The fourth-order valence-corrected chi connectivity index (χ4v) is 2.77. The molecule has 0 saturated heterocycles. The van der Waals surface area contributed by atoms with Crippen LogP contribution >= 0.6 is 11.3 Å². The minimum absolute atomic E-state index is 0.162. The van der Waals surface area contributed by atoms with Crippen molar-refractivity contribution in [2.24, 2.45) is 0 Å². The Balaban J connectivity index is 2.62. The maximum Gasteiger partial charge on any atom is 0.179 e. The number of aryl methyl sites for hydroxylation is 1. The largest absolute Gasteiger partial charge is 0.293 e. The summed E-state index contributed by atoms with van der Waals surface area (Å²) in [6, 6.07) is 3.66. The maximum absolute atomic E-state index is 13.6. The number of thiazole rings is 1. The van der Waals surface area contributed by atoms with Crippen LogP contribution in [0.5, 0.6) is 0 Å². The number of hydrogen-bond acceptors (Lipinski definition) is 3. The van der Waals surface area contributed by atoms with Gasteiger partial charge in [0.1, 0.15) is 22.3 Å². The van der Waals surface area contributed by atoms with Gasteiger partial charge in [-0.25, -0.2) is 13.8 Å². The summed E-state index contributed by atoms with van der Waals surface area (Å²) in [6.45, 7) is 3.27. The zero-order valence-electron chi connectivity index (χ0n) is 9.96. The lowest BCUT2D eigenvalue weighted by Gasteiger charge is -1.99. The van der Waals surface area contributed by atoms with Crippen LogP contribution in [0, 0.1) is 11.6 Å². The second kappa shape index (κ2) is 4.94. The highest BCUT2D eigenvalue weighted by Gasteiger charge is 2.19. The predicted molar refractivity (Wildman–Crippen MR) is 66.8 cm³/mol. The van der Waals surface area contributed by atoms with E-state index in [9.17, 15) is 13.6 Å². The average molecular weight is 267 g/mol. The number of halogens is 2. The van der Waals surface area contributed by atoms with E-state index in [4.69, 9.17) is 0 Å². The number of carbonyl (C=O) groups excluding carboxylic acids is 1. The predicted octanol–water partition coefficient (Wildman–Crippen LogP) is 3.85. The normalized spacial score (nSPS) is 10.7. The third-order valence-corrected chi connectivity index (χ3v) is 3.75. The SMILES string of the molecule is CCc1sc(-c2c(F)cccc2F)nc1C(C)=O. The van der Waals surface area contributed by atoms with Crippen molar-refractivity contribution in [3.05, 3.63) is 40.4 Å². The Kier molecular flexibility index (Phi) is 3.52. The summed E-state index contributed by atoms with van der Waals surface area (Å²) < 4.78 is 27.2. The van der Waals surface area contributed by atoms with E-state index in [1.54, 1.807) is 0 Å². The van der Waals surface area contributed by atoms with Crippen molar-refractivity contribution >= 4 is 17.1 Å². The molecule has 0 aliphatic carbocycles. The molecule has 2 nitrogen and oxygen atoms in total. The molecule has 0 radical (unpaired) electrons. The van der Waals surface area contributed by atoms with E-state index >= 15 is 0 Å². The van der Waals surface area contributed by atoms with Gasteiger partial charge in [-0.15, -0.1) is 11.3 Å². The third-order valence-electron chi connectivity index (χ3n) is 2.53. The van der Waals surface area contributed by atoms with Crippen LogP contribution in [0.4, 0.5) is 8.78 Å². The zero-order valence-corrected chi connectivity index (χ0v) is 10.8. The smallest absolute Gasteiger partial charge is 0.179 e. The van der Waals surface area contributed by atoms with Crippen LogP contribution in [-0.2, 0) is 6.42 Å². The van der Waals surface area contributed by atoms with Gasteiger partial charge in [0.25, 0.3) is 0 Å². The Bertz CT molecular complexity index is 587. The Hall–Kier alpha value is -1.62. The van der Waals surface area contributed by atoms with Crippen molar-refractivity contribution in [2.75, 3.05) is 0 Å². The van der Waals surface area contributed by atoms with E-state index < -0.39 is 11.6 Å². The van der Waals surface area contributed by atoms with E-state index in [1.165, 1.54) is 25.1 Å². The lowest BCUT2D eigenvalue weighted by Crippen LogP contribution is -1.97. The Morgan fingerprint density at radius 2 is 1.94 bits per heavy atom. The van der Waals surface area contributed by atoms with Crippen LogP contribution < -0.4 is 0 Å². The number of benzene rings is 1.